The Hall–Kier alpha value is -4.24. The Kier molecular flexibility index (Phi) is 9.11. The second kappa shape index (κ2) is 13.7. The number of ether oxygens (including phenoxy) is 3. The molecule has 0 bridgehead atoms. The minimum Gasteiger partial charge on any atom is -0.493 e. The van der Waals surface area contributed by atoms with Gasteiger partial charge in [0.05, 0.1) is 19.5 Å². The monoisotopic (exact) mass is 710 g/mol. The van der Waals surface area contributed by atoms with Crippen molar-refractivity contribution in [1.29, 1.82) is 0 Å². The van der Waals surface area contributed by atoms with E-state index in [-0.39, 0.29) is 11.5 Å². The van der Waals surface area contributed by atoms with Crippen molar-refractivity contribution in [2.45, 2.75) is 101 Å². The Morgan fingerprint density at radius 2 is 2.02 bits per heavy atom. The highest BCUT2D eigenvalue weighted by molar-refractivity contribution is 6.30. The van der Waals surface area contributed by atoms with Crippen molar-refractivity contribution >= 4 is 23.3 Å². The number of fused-ring (bicyclic) bond motifs is 4. The van der Waals surface area contributed by atoms with Crippen molar-refractivity contribution in [3.8, 4) is 17.2 Å². The van der Waals surface area contributed by atoms with Crippen LogP contribution in [-0.2, 0) is 29.6 Å². The van der Waals surface area contributed by atoms with E-state index < -0.39 is 11.5 Å². The van der Waals surface area contributed by atoms with Crippen LogP contribution in [0.25, 0.3) is 0 Å². The number of imidazole rings is 1. The van der Waals surface area contributed by atoms with E-state index in [2.05, 4.69) is 41.3 Å². The predicted octanol–water partition coefficient (Wildman–Crippen LogP) is 8.24. The maximum absolute atomic E-state index is 13.0. The average Bonchev–Trinajstić information content (AvgIpc) is 3.73. The number of aromatic nitrogens is 3. The first-order valence-electron chi connectivity index (χ1n) is 18.5. The van der Waals surface area contributed by atoms with Crippen LogP contribution in [0.3, 0.4) is 0 Å². The molecular weight excluding hydrogens is 664 g/mol. The number of aliphatic carboxylic acids is 1. The molecule has 2 aromatic carbocycles. The van der Waals surface area contributed by atoms with Crippen molar-refractivity contribution in [3.05, 3.63) is 94.8 Å². The SMILES string of the molecule is C[C@@H](COc1ccnc2c1[C@H](C)CCC2)CC1Cc2cc3c(cc2C12CCC(Nc1cccc(Cl)c1)(C(=O)O)CC2)OC(Cn1ccnc1)CO3. The van der Waals surface area contributed by atoms with Crippen molar-refractivity contribution in [2.24, 2.45) is 11.8 Å². The number of pyridine rings is 1. The van der Waals surface area contributed by atoms with Crippen LogP contribution in [0.2, 0.25) is 5.02 Å². The second-order valence-corrected chi connectivity index (χ2v) is 15.9. The van der Waals surface area contributed by atoms with Gasteiger partial charge in [-0.25, -0.2) is 9.78 Å². The molecule has 1 fully saturated rings. The maximum atomic E-state index is 13.0. The first kappa shape index (κ1) is 33.9. The topological polar surface area (TPSA) is 108 Å². The number of benzene rings is 2. The van der Waals surface area contributed by atoms with Crippen LogP contribution >= 0.6 is 11.6 Å². The summed E-state index contributed by atoms with van der Waals surface area (Å²) >= 11 is 6.30. The van der Waals surface area contributed by atoms with Gasteiger partial charge in [0, 0.05) is 40.6 Å². The number of carbonyl (C=O) groups is 1. The first-order valence-corrected chi connectivity index (χ1v) is 18.9. The van der Waals surface area contributed by atoms with Crippen LogP contribution in [0.5, 0.6) is 17.2 Å². The highest BCUT2D eigenvalue weighted by Crippen LogP contribution is 2.58. The van der Waals surface area contributed by atoms with E-state index in [0.29, 0.717) is 55.4 Å². The van der Waals surface area contributed by atoms with Crippen molar-refractivity contribution in [3.63, 3.8) is 0 Å². The van der Waals surface area contributed by atoms with Gasteiger partial charge in [-0.05, 0) is 128 Å². The summed E-state index contributed by atoms with van der Waals surface area (Å²) in [6, 6.07) is 13.8. The lowest BCUT2D eigenvalue weighted by molar-refractivity contribution is -0.144. The number of rotatable bonds is 10. The summed E-state index contributed by atoms with van der Waals surface area (Å²) < 4.78 is 21.5. The fourth-order valence-corrected chi connectivity index (χ4v) is 9.63. The molecule has 1 saturated carbocycles. The summed E-state index contributed by atoms with van der Waals surface area (Å²) in [4.78, 5) is 21.9. The summed E-state index contributed by atoms with van der Waals surface area (Å²) in [5.74, 6) is 2.77. The zero-order valence-electron chi connectivity index (χ0n) is 29.4. The number of aryl methyl sites for hydroxylation is 1. The molecule has 3 aliphatic carbocycles. The molecule has 268 valence electrons. The lowest BCUT2D eigenvalue weighted by atomic mass is 9.59. The van der Waals surface area contributed by atoms with Crippen LogP contribution < -0.4 is 19.5 Å². The molecule has 8 rings (SSSR count). The van der Waals surface area contributed by atoms with Gasteiger partial charge >= 0.3 is 5.97 Å². The summed E-state index contributed by atoms with van der Waals surface area (Å²) in [7, 11) is 0. The Bertz CT molecular complexity index is 1890. The largest absolute Gasteiger partial charge is 0.493 e. The van der Waals surface area contributed by atoms with Gasteiger partial charge in [0.2, 0.25) is 0 Å². The zero-order valence-corrected chi connectivity index (χ0v) is 30.2. The quantitative estimate of drug-likeness (QED) is 0.170. The van der Waals surface area contributed by atoms with E-state index in [1.165, 1.54) is 35.2 Å². The fourth-order valence-electron chi connectivity index (χ4n) is 9.44. The van der Waals surface area contributed by atoms with E-state index in [9.17, 15) is 9.90 Å². The third kappa shape index (κ3) is 6.54. The highest BCUT2D eigenvalue weighted by Gasteiger charge is 2.54. The molecule has 3 heterocycles. The third-order valence-corrected chi connectivity index (χ3v) is 12.3. The van der Waals surface area contributed by atoms with Crippen LogP contribution in [0.4, 0.5) is 5.69 Å². The van der Waals surface area contributed by atoms with Gasteiger partial charge in [-0.1, -0.05) is 31.5 Å². The van der Waals surface area contributed by atoms with Crippen LogP contribution in [0.1, 0.15) is 87.1 Å². The van der Waals surface area contributed by atoms with Gasteiger partial charge in [-0.2, -0.15) is 0 Å². The summed E-state index contributed by atoms with van der Waals surface area (Å²) in [6.07, 6.45) is 15.0. The number of nitrogens with one attached hydrogen (secondary N) is 1. The molecule has 1 aliphatic heterocycles. The van der Waals surface area contributed by atoms with Gasteiger partial charge in [0.1, 0.15) is 17.9 Å². The first-order chi connectivity index (χ1) is 24.7. The maximum Gasteiger partial charge on any atom is 0.329 e. The molecule has 51 heavy (non-hydrogen) atoms. The van der Waals surface area contributed by atoms with Gasteiger partial charge in [-0.3, -0.25) is 4.98 Å². The Morgan fingerprint density at radius 3 is 2.80 bits per heavy atom. The molecule has 9 nitrogen and oxygen atoms in total. The van der Waals surface area contributed by atoms with E-state index >= 15 is 0 Å². The molecule has 0 amide bonds. The van der Waals surface area contributed by atoms with Crippen LogP contribution in [0, 0.1) is 11.8 Å². The van der Waals surface area contributed by atoms with Gasteiger partial charge in [0.25, 0.3) is 0 Å². The number of carboxylic acids is 1. The third-order valence-electron chi connectivity index (χ3n) is 12.0. The molecule has 1 spiro atoms. The molecule has 10 heteroatoms. The summed E-state index contributed by atoms with van der Waals surface area (Å²) in [5, 5.41) is 14.7. The number of anilines is 1. The molecule has 0 radical (unpaired) electrons. The lowest BCUT2D eigenvalue weighted by Crippen LogP contribution is -2.53. The molecule has 0 saturated heterocycles. The van der Waals surface area contributed by atoms with Crippen molar-refractivity contribution < 1.29 is 24.1 Å². The lowest BCUT2D eigenvalue weighted by Gasteiger charge is -2.47. The van der Waals surface area contributed by atoms with Gasteiger partial charge < -0.3 is 29.2 Å². The second-order valence-electron chi connectivity index (χ2n) is 15.5. The standard InChI is InChI=1S/C41H47ClN4O5/c1-26(23-49-35-9-14-44-34-8-3-5-27(2)38(34)35)17-29-18-28-19-36-37(51-32(24-50-36)22-46-16-15-43-25-46)21-33(28)40(29)10-12-41(13-11-40,39(47)48)45-31-7-4-6-30(42)20-31/h4,6-7,9,14-16,19-21,25-27,29,32,45H,3,5,8,10-13,17-18,22-24H2,1-2H3,(H,47,48)/t26-,27-,29?,32?,40?,41?/m1/s1. The molecule has 4 atom stereocenters. The molecule has 4 aromatic rings. The molecule has 2 N–H and O–H groups in total. The number of nitrogens with zero attached hydrogens (tertiary/aromatic N) is 3. The van der Waals surface area contributed by atoms with E-state index in [1.54, 1.807) is 24.7 Å². The Labute approximate surface area is 304 Å². The van der Waals surface area contributed by atoms with Crippen molar-refractivity contribution in [2.75, 3.05) is 18.5 Å². The number of hydrogen-bond acceptors (Lipinski definition) is 7. The minimum absolute atomic E-state index is 0.135. The summed E-state index contributed by atoms with van der Waals surface area (Å²) in [6.45, 7) is 6.32. The van der Waals surface area contributed by atoms with E-state index in [0.717, 1.165) is 55.0 Å². The Balaban J connectivity index is 1.06. The average molecular weight is 711 g/mol. The predicted molar refractivity (Wildman–Crippen MR) is 196 cm³/mol. The Morgan fingerprint density at radius 1 is 1.16 bits per heavy atom. The number of hydrogen-bond donors (Lipinski definition) is 2. The normalized spacial score (nSPS) is 27.0. The van der Waals surface area contributed by atoms with Crippen LogP contribution in [0.15, 0.2) is 67.4 Å². The fraction of sp³-hybridized carbons (Fsp3) is 0.488. The smallest absolute Gasteiger partial charge is 0.329 e. The van der Waals surface area contributed by atoms with E-state index in [4.69, 9.17) is 25.8 Å². The number of halogens is 1. The molecule has 4 aliphatic rings. The van der Waals surface area contributed by atoms with Gasteiger partial charge in [0.15, 0.2) is 17.6 Å². The van der Waals surface area contributed by atoms with E-state index in [1.807, 2.05) is 35.2 Å². The number of carboxylic acid groups (broad SMARTS) is 1. The minimum atomic E-state index is -1.08. The zero-order chi connectivity index (χ0) is 35.2. The molecular formula is C41H47ClN4O5. The summed E-state index contributed by atoms with van der Waals surface area (Å²) in [5.41, 5.74) is 4.47. The van der Waals surface area contributed by atoms with Crippen molar-refractivity contribution in [1.82, 2.24) is 14.5 Å². The highest BCUT2D eigenvalue weighted by atomic mass is 35.5. The van der Waals surface area contributed by atoms with Crippen LogP contribution in [-0.4, -0.2) is 50.5 Å². The molecule has 2 unspecified atom stereocenters. The molecule has 2 aromatic heterocycles. The van der Waals surface area contributed by atoms with Gasteiger partial charge in [-0.15, -0.1) is 0 Å².